The zero-order valence-corrected chi connectivity index (χ0v) is 14.1. The standard InChI is InChI=1S/C17H16ClN5O/c1-12-3-6-14(7-4-12)23-11-15(20-21-23)17(24)22(2)10-13-5-8-16(18)19-9-13/h3-9,11H,10H2,1-2H3. The third-order valence-electron chi connectivity index (χ3n) is 3.57. The molecule has 3 rings (SSSR count). The maximum Gasteiger partial charge on any atom is 0.276 e. The van der Waals surface area contributed by atoms with Crippen molar-refractivity contribution in [3.8, 4) is 5.69 Å². The summed E-state index contributed by atoms with van der Waals surface area (Å²) in [6.45, 7) is 2.43. The number of rotatable bonds is 4. The van der Waals surface area contributed by atoms with Gasteiger partial charge in [0.1, 0.15) is 5.15 Å². The Hall–Kier alpha value is -2.73. The maximum absolute atomic E-state index is 12.5. The third kappa shape index (κ3) is 3.60. The van der Waals surface area contributed by atoms with Gasteiger partial charge in [-0.3, -0.25) is 4.79 Å². The highest BCUT2D eigenvalue weighted by atomic mass is 35.5. The molecule has 3 aromatic rings. The largest absolute Gasteiger partial charge is 0.336 e. The Labute approximate surface area is 144 Å². The molecular formula is C17H16ClN5O. The molecule has 0 bridgehead atoms. The molecule has 24 heavy (non-hydrogen) atoms. The molecule has 6 nitrogen and oxygen atoms in total. The van der Waals surface area contributed by atoms with Gasteiger partial charge in [0.15, 0.2) is 5.69 Å². The topological polar surface area (TPSA) is 63.9 Å². The van der Waals surface area contributed by atoms with E-state index in [2.05, 4.69) is 15.3 Å². The number of carbonyl (C=O) groups is 1. The number of aryl methyl sites for hydroxylation is 1. The number of pyridine rings is 1. The van der Waals surface area contributed by atoms with Gasteiger partial charge in [0.25, 0.3) is 5.91 Å². The quantitative estimate of drug-likeness (QED) is 0.684. The van der Waals surface area contributed by atoms with Gasteiger partial charge in [-0.25, -0.2) is 9.67 Å². The summed E-state index contributed by atoms with van der Waals surface area (Å²) in [5.74, 6) is -0.205. The number of hydrogen-bond acceptors (Lipinski definition) is 4. The summed E-state index contributed by atoms with van der Waals surface area (Å²) in [6.07, 6.45) is 3.28. The van der Waals surface area contributed by atoms with Crippen molar-refractivity contribution >= 4 is 17.5 Å². The van der Waals surface area contributed by atoms with E-state index in [0.29, 0.717) is 17.4 Å². The SMILES string of the molecule is Cc1ccc(-n2cc(C(=O)N(C)Cc3ccc(Cl)nc3)nn2)cc1. The van der Waals surface area contributed by atoms with Gasteiger partial charge in [0, 0.05) is 19.8 Å². The Morgan fingerprint density at radius 1 is 1.21 bits per heavy atom. The van der Waals surface area contributed by atoms with E-state index in [1.54, 1.807) is 35.1 Å². The Morgan fingerprint density at radius 3 is 2.62 bits per heavy atom. The van der Waals surface area contributed by atoms with Crippen molar-refractivity contribution in [1.82, 2.24) is 24.9 Å². The van der Waals surface area contributed by atoms with Crippen LogP contribution in [0.1, 0.15) is 21.6 Å². The maximum atomic E-state index is 12.5. The number of amides is 1. The first-order chi connectivity index (χ1) is 11.5. The molecule has 0 unspecified atom stereocenters. The fourth-order valence-electron chi connectivity index (χ4n) is 2.23. The van der Waals surface area contributed by atoms with E-state index < -0.39 is 0 Å². The molecule has 2 heterocycles. The molecule has 0 aliphatic carbocycles. The summed E-state index contributed by atoms with van der Waals surface area (Å²) in [6, 6.07) is 11.4. The minimum atomic E-state index is -0.205. The van der Waals surface area contributed by atoms with Gasteiger partial charge in [-0.1, -0.05) is 40.6 Å². The average Bonchev–Trinajstić information content (AvgIpc) is 3.07. The second-order valence-electron chi connectivity index (χ2n) is 5.53. The highest BCUT2D eigenvalue weighted by Gasteiger charge is 2.16. The van der Waals surface area contributed by atoms with E-state index in [4.69, 9.17) is 11.6 Å². The monoisotopic (exact) mass is 341 g/mol. The lowest BCUT2D eigenvalue weighted by atomic mass is 10.2. The fraction of sp³-hybridized carbons (Fsp3) is 0.176. The Kier molecular flexibility index (Phi) is 4.57. The van der Waals surface area contributed by atoms with E-state index >= 15 is 0 Å². The van der Waals surface area contributed by atoms with Crippen molar-refractivity contribution in [2.45, 2.75) is 13.5 Å². The summed E-state index contributed by atoms with van der Waals surface area (Å²) < 4.78 is 1.59. The zero-order valence-electron chi connectivity index (χ0n) is 13.3. The van der Waals surface area contributed by atoms with Crippen molar-refractivity contribution in [3.05, 3.63) is 70.8 Å². The molecule has 0 atom stereocenters. The molecule has 7 heteroatoms. The first-order valence-corrected chi connectivity index (χ1v) is 7.76. The predicted octanol–water partition coefficient (Wildman–Crippen LogP) is 2.90. The Morgan fingerprint density at radius 2 is 1.96 bits per heavy atom. The van der Waals surface area contributed by atoms with Crippen LogP contribution in [0.2, 0.25) is 5.15 Å². The van der Waals surface area contributed by atoms with E-state index in [-0.39, 0.29) is 5.91 Å². The van der Waals surface area contributed by atoms with Gasteiger partial charge in [-0.05, 0) is 30.7 Å². The van der Waals surface area contributed by atoms with Gasteiger partial charge in [-0.15, -0.1) is 5.10 Å². The van der Waals surface area contributed by atoms with Gasteiger partial charge in [0.2, 0.25) is 0 Å². The Balaban J connectivity index is 1.73. The van der Waals surface area contributed by atoms with Gasteiger partial charge in [0.05, 0.1) is 11.9 Å². The lowest BCUT2D eigenvalue weighted by molar-refractivity contribution is 0.0779. The molecule has 2 aromatic heterocycles. The average molecular weight is 342 g/mol. The first kappa shape index (κ1) is 16.1. The number of hydrogen-bond donors (Lipinski definition) is 0. The summed E-state index contributed by atoms with van der Waals surface area (Å²) >= 11 is 5.76. The number of halogens is 1. The lowest BCUT2D eigenvalue weighted by Gasteiger charge is -2.15. The predicted molar refractivity (Wildman–Crippen MR) is 91.1 cm³/mol. The van der Waals surface area contributed by atoms with Gasteiger partial charge in [-0.2, -0.15) is 0 Å². The number of carbonyl (C=O) groups excluding carboxylic acids is 1. The van der Waals surface area contributed by atoms with Crippen LogP contribution < -0.4 is 0 Å². The van der Waals surface area contributed by atoms with Crippen molar-refractivity contribution in [3.63, 3.8) is 0 Å². The van der Waals surface area contributed by atoms with Crippen LogP contribution in [0.15, 0.2) is 48.8 Å². The normalized spacial score (nSPS) is 10.6. The minimum Gasteiger partial charge on any atom is -0.336 e. The minimum absolute atomic E-state index is 0.205. The van der Waals surface area contributed by atoms with Crippen LogP contribution in [0.5, 0.6) is 0 Å². The van der Waals surface area contributed by atoms with E-state index in [1.807, 2.05) is 37.3 Å². The van der Waals surface area contributed by atoms with Crippen LogP contribution in [0.3, 0.4) is 0 Å². The summed E-state index contributed by atoms with van der Waals surface area (Å²) in [7, 11) is 1.71. The van der Waals surface area contributed by atoms with Crippen LogP contribution >= 0.6 is 11.6 Å². The molecule has 0 radical (unpaired) electrons. The van der Waals surface area contributed by atoms with Crippen molar-refractivity contribution in [2.75, 3.05) is 7.05 Å². The second-order valence-corrected chi connectivity index (χ2v) is 5.92. The highest BCUT2D eigenvalue weighted by Crippen LogP contribution is 2.11. The molecule has 0 aliphatic heterocycles. The zero-order chi connectivity index (χ0) is 17.1. The van der Waals surface area contributed by atoms with E-state index in [9.17, 15) is 4.79 Å². The van der Waals surface area contributed by atoms with Crippen LogP contribution in [0.4, 0.5) is 0 Å². The van der Waals surface area contributed by atoms with Crippen LogP contribution in [-0.2, 0) is 6.54 Å². The molecule has 122 valence electrons. The molecule has 0 spiro atoms. The molecule has 0 saturated carbocycles. The van der Waals surface area contributed by atoms with Gasteiger partial charge >= 0.3 is 0 Å². The summed E-state index contributed by atoms with van der Waals surface area (Å²) in [5.41, 5.74) is 3.20. The van der Waals surface area contributed by atoms with Crippen molar-refractivity contribution < 1.29 is 4.79 Å². The highest BCUT2D eigenvalue weighted by molar-refractivity contribution is 6.29. The molecule has 1 aromatic carbocycles. The number of aromatic nitrogens is 4. The first-order valence-electron chi connectivity index (χ1n) is 7.38. The van der Waals surface area contributed by atoms with Crippen LogP contribution in [0, 0.1) is 6.92 Å². The lowest BCUT2D eigenvalue weighted by Crippen LogP contribution is -2.26. The molecule has 0 N–H and O–H groups in total. The van der Waals surface area contributed by atoms with Gasteiger partial charge < -0.3 is 4.90 Å². The third-order valence-corrected chi connectivity index (χ3v) is 3.79. The smallest absolute Gasteiger partial charge is 0.276 e. The van der Waals surface area contributed by atoms with E-state index in [1.165, 1.54) is 0 Å². The van der Waals surface area contributed by atoms with Crippen LogP contribution in [-0.4, -0.2) is 37.8 Å². The molecule has 1 amide bonds. The molecule has 0 fully saturated rings. The fourth-order valence-corrected chi connectivity index (χ4v) is 2.34. The second kappa shape index (κ2) is 6.80. The van der Waals surface area contributed by atoms with Crippen molar-refractivity contribution in [2.24, 2.45) is 0 Å². The molecule has 0 saturated heterocycles. The molecule has 0 aliphatic rings. The van der Waals surface area contributed by atoms with E-state index in [0.717, 1.165) is 16.8 Å². The Bertz CT molecular complexity index is 842. The number of nitrogens with zero attached hydrogens (tertiary/aromatic N) is 5. The van der Waals surface area contributed by atoms with Crippen molar-refractivity contribution in [1.29, 1.82) is 0 Å². The summed E-state index contributed by atoms with van der Waals surface area (Å²) in [4.78, 5) is 18.1. The van der Waals surface area contributed by atoms with Crippen LogP contribution in [0.25, 0.3) is 5.69 Å². The number of benzene rings is 1. The summed E-state index contributed by atoms with van der Waals surface area (Å²) in [5, 5.41) is 8.43. The molecular weight excluding hydrogens is 326 g/mol.